The van der Waals surface area contributed by atoms with Crippen LogP contribution >= 0.6 is 0 Å². The van der Waals surface area contributed by atoms with Gasteiger partial charge in [-0.1, -0.05) is 83.4 Å². The smallest absolute Gasteiger partial charge is 0.0984 e. The van der Waals surface area contributed by atoms with Crippen molar-refractivity contribution in [3.63, 3.8) is 0 Å². The maximum atomic E-state index is 4.34. The molecule has 5 rings (SSSR count). The van der Waals surface area contributed by atoms with E-state index >= 15 is 0 Å². The van der Waals surface area contributed by atoms with E-state index in [1.807, 2.05) is 16.7 Å². The molecular formula is C38H55B. The van der Waals surface area contributed by atoms with Crippen LogP contribution < -0.4 is 10.9 Å². The quantitative estimate of drug-likeness (QED) is 0.274. The zero-order chi connectivity index (χ0) is 27.4. The Labute approximate surface area is 241 Å². The first kappa shape index (κ1) is 28.8. The maximum Gasteiger partial charge on any atom is 0.193 e. The van der Waals surface area contributed by atoms with Crippen molar-refractivity contribution in [2.24, 2.45) is 0 Å². The first-order chi connectivity index (χ1) is 19.2. The lowest BCUT2D eigenvalue weighted by atomic mass is 9.53. The third kappa shape index (κ3) is 5.46. The van der Waals surface area contributed by atoms with Crippen molar-refractivity contribution in [2.45, 2.75) is 156 Å². The molecule has 0 spiro atoms. The molecule has 0 amide bonds. The maximum absolute atomic E-state index is 4.34. The summed E-state index contributed by atoms with van der Waals surface area (Å²) < 4.78 is 0. The van der Waals surface area contributed by atoms with Crippen molar-refractivity contribution in [3.8, 4) is 0 Å². The van der Waals surface area contributed by atoms with Gasteiger partial charge in [0.2, 0.25) is 0 Å². The van der Waals surface area contributed by atoms with E-state index in [0.717, 1.165) is 12.3 Å². The summed E-state index contributed by atoms with van der Waals surface area (Å²) >= 11 is 0. The summed E-state index contributed by atoms with van der Waals surface area (Å²) in [6, 6.07) is 0. The highest BCUT2D eigenvalue weighted by atomic mass is 14.3. The molecule has 1 fully saturated rings. The minimum Gasteiger partial charge on any atom is -0.0984 e. The van der Waals surface area contributed by atoms with Crippen LogP contribution in [0.1, 0.15) is 160 Å². The molecule has 0 atom stereocenters. The standard InChI is InChI=1S/C38H55B/c1-6-18-30-27(8-3)31-22-14-16-24-34(31)37(29(30)10-5)39-38-33(19-7-2)28(9-4)36(26-20-12-11-13-21-26)32-23-15-17-25-35(32)38/h8,26,39H,3,6-7,9-25H2,1-2,4-5H3. The molecule has 0 unspecified atom stereocenters. The Bertz CT molecular complexity index is 1180. The zero-order valence-corrected chi connectivity index (χ0v) is 26.0. The van der Waals surface area contributed by atoms with Gasteiger partial charge in [-0.2, -0.15) is 0 Å². The van der Waals surface area contributed by atoms with E-state index < -0.39 is 0 Å². The Kier molecular flexibility index (Phi) is 9.79. The number of hydrogen-bond donors (Lipinski definition) is 0. The van der Waals surface area contributed by atoms with Crippen molar-refractivity contribution >= 4 is 24.3 Å². The molecule has 0 N–H and O–H groups in total. The van der Waals surface area contributed by atoms with Gasteiger partial charge in [0.1, 0.15) is 0 Å². The van der Waals surface area contributed by atoms with Crippen molar-refractivity contribution in [1.29, 1.82) is 0 Å². The van der Waals surface area contributed by atoms with Crippen molar-refractivity contribution in [1.82, 2.24) is 0 Å². The van der Waals surface area contributed by atoms with Gasteiger partial charge >= 0.3 is 0 Å². The van der Waals surface area contributed by atoms with Gasteiger partial charge in [-0.3, -0.25) is 0 Å². The van der Waals surface area contributed by atoms with Crippen LogP contribution in [-0.4, -0.2) is 7.28 Å². The average Bonchev–Trinajstić information content (AvgIpc) is 2.98. The Morgan fingerprint density at radius 1 is 0.615 bits per heavy atom. The van der Waals surface area contributed by atoms with Crippen LogP contribution in [0.15, 0.2) is 6.58 Å². The zero-order valence-electron chi connectivity index (χ0n) is 26.0. The number of fused-ring (bicyclic) bond motifs is 2. The second-order valence-electron chi connectivity index (χ2n) is 13.0. The Balaban J connectivity index is 1.76. The first-order valence-electron chi connectivity index (χ1n) is 17.2. The van der Waals surface area contributed by atoms with Gasteiger partial charge in [-0.25, -0.2) is 0 Å². The fourth-order valence-electron chi connectivity index (χ4n) is 9.14. The minimum absolute atomic E-state index is 0.826. The highest BCUT2D eigenvalue weighted by Crippen LogP contribution is 2.41. The molecule has 3 aliphatic rings. The van der Waals surface area contributed by atoms with E-state index in [9.17, 15) is 0 Å². The SMILES string of the molecule is C=Cc1c(CCC)c(CC)c(Bc2c(CCC)c(CC)c(C3CCCCC3)c3c2CCCC3)c2c1CCCC2. The minimum atomic E-state index is 0.826. The van der Waals surface area contributed by atoms with E-state index in [2.05, 4.69) is 40.3 Å². The molecule has 2 aromatic rings. The van der Waals surface area contributed by atoms with Crippen LogP contribution in [-0.2, 0) is 51.4 Å². The molecule has 0 aromatic heterocycles. The Morgan fingerprint density at radius 2 is 1.15 bits per heavy atom. The summed E-state index contributed by atoms with van der Waals surface area (Å²) in [4.78, 5) is 0. The van der Waals surface area contributed by atoms with Gasteiger partial charge in [0, 0.05) is 0 Å². The van der Waals surface area contributed by atoms with E-state index in [1.165, 1.54) is 128 Å². The molecule has 210 valence electrons. The van der Waals surface area contributed by atoms with E-state index in [0.29, 0.717) is 0 Å². The molecule has 1 heteroatoms. The lowest BCUT2D eigenvalue weighted by molar-refractivity contribution is 0.437. The second kappa shape index (κ2) is 13.3. The average molecular weight is 523 g/mol. The van der Waals surface area contributed by atoms with Crippen LogP contribution in [0.3, 0.4) is 0 Å². The molecule has 0 radical (unpaired) electrons. The number of hydrogen-bond acceptors (Lipinski definition) is 0. The molecular weight excluding hydrogens is 467 g/mol. The van der Waals surface area contributed by atoms with Crippen LogP contribution in [0.25, 0.3) is 6.08 Å². The summed E-state index contributed by atoms with van der Waals surface area (Å²) in [6.45, 7) is 14.0. The fourth-order valence-corrected chi connectivity index (χ4v) is 9.14. The van der Waals surface area contributed by atoms with Gasteiger partial charge in [0.25, 0.3) is 0 Å². The van der Waals surface area contributed by atoms with Crippen LogP contribution in [0.4, 0.5) is 0 Å². The van der Waals surface area contributed by atoms with Crippen LogP contribution in [0.5, 0.6) is 0 Å². The van der Waals surface area contributed by atoms with Crippen molar-refractivity contribution < 1.29 is 0 Å². The molecule has 1 saturated carbocycles. The monoisotopic (exact) mass is 522 g/mol. The van der Waals surface area contributed by atoms with E-state index in [-0.39, 0.29) is 0 Å². The van der Waals surface area contributed by atoms with Crippen molar-refractivity contribution in [3.05, 3.63) is 62.2 Å². The largest absolute Gasteiger partial charge is 0.193 e. The molecule has 3 aliphatic carbocycles. The Hall–Kier alpha value is -1.76. The topological polar surface area (TPSA) is 0 Å². The molecule has 2 aromatic carbocycles. The van der Waals surface area contributed by atoms with Gasteiger partial charge in [0.15, 0.2) is 7.28 Å². The van der Waals surface area contributed by atoms with Gasteiger partial charge < -0.3 is 0 Å². The predicted molar refractivity (Wildman–Crippen MR) is 175 cm³/mol. The number of rotatable bonds is 10. The third-order valence-electron chi connectivity index (χ3n) is 10.7. The summed E-state index contributed by atoms with van der Waals surface area (Å²) in [7, 11) is 1.19. The molecule has 0 saturated heterocycles. The number of benzene rings is 2. The molecule has 0 heterocycles. The van der Waals surface area contributed by atoms with Gasteiger partial charge in [-0.15, -0.1) is 0 Å². The van der Waals surface area contributed by atoms with Crippen LogP contribution in [0, 0.1) is 0 Å². The Morgan fingerprint density at radius 3 is 1.74 bits per heavy atom. The summed E-state index contributed by atoms with van der Waals surface area (Å²) in [5, 5.41) is 0. The highest BCUT2D eigenvalue weighted by Gasteiger charge is 2.31. The fraction of sp³-hybridized carbons (Fsp3) is 0.632. The van der Waals surface area contributed by atoms with Crippen molar-refractivity contribution in [2.75, 3.05) is 0 Å². The summed E-state index contributed by atoms with van der Waals surface area (Å²) in [5.41, 5.74) is 20.9. The summed E-state index contributed by atoms with van der Waals surface area (Å²) in [6.07, 6.45) is 27.4. The molecule has 0 bridgehead atoms. The third-order valence-corrected chi connectivity index (χ3v) is 10.7. The second-order valence-corrected chi connectivity index (χ2v) is 13.0. The summed E-state index contributed by atoms with van der Waals surface area (Å²) in [5.74, 6) is 0.826. The van der Waals surface area contributed by atoms with E-state index in [1.54, 1.807) is 44.3 Å². The van der Waals surface area contributed by atoms with Crippen LogP contribution in [0.2, 0.25) is 0 Å². The lowest BCUT2D eigenvalue weighted by Gasteiger charge is -2.35. The normalized spacial score (nSPS) is 17.5. The van der Waals surface area contributed by atoms with Gasteiger partial charge in [0.05, 0.1) is 0 Å². The first-order valence-corrected chi connectivity index (χ1v) is 17.2. The molecule has 0 aliphatic heterocycles. The predicted octanol–water partition coefficient (Wildman–Crippen LogP) is 8.55. The lowest BCUT2D eigenvalue weighted by Crippen LogP contribution is -2.41. The molecule has 0 nitrogen and oxygen atoms in total. The molecule has 39 heavy (non-hydrogen) atoms. The highest BCUT2D eigenvalue weighted by molar-refractivity contribution is 6.69. The van der Waals surface area contributed by atoms with Gasteiger partial charge in [-0.05, 0) is 151 Å². The van der Waals surface area contributed by atoms with E-state index in [4.69, 9.17) is 0 Å².